The molecule has 0 fully saturated rings. The Labute approximate surface area is 154 Å². The Balaban J connectivity index is 0. The molecular formula is C13H31BaO3P. The molecule has 5 heteroatoms. The van der Waals surface area contributed by atoms with Crippen LogP contribution >= 0.6 is 8.60 Å². The predicted molar refractivity (Wildman–Crippen MR) is 82.3 cm³/mol. The minimum absolute atomic E-state index is 0. The summed E-state index contributed by atoms with van der Waals surface area (Å²) in [5, 5.41) is 0. The van der Waals surface area contributed by atoms with Crippen LogP contribution in [-0.2, 0) is 4.52 Å². The van der Waals surface area contributed by atoms with E-state index in [0.717, 1.165) is 12.8 Å². The zero-order valence-corrected chi connectivity index (χ0v) is 12.1. The summed E-state index contributed by atoms with van der Waals surface area (Å²) in [7, 11) is -2.14. The van der Waals surface area contributed by atoms with Gasteiger partial charge in [0.25, 0.3) is 0 Å². The predicted octanol–water partition coefficient (Wildman–Crippen LogP) is 3.61. The molecule has 0 atom stereocenters. The average Bonchev–Trinajstić information content (AvgIpc) is 2.30. The van der Waals surface area contributed by atoms with Crippen LogP contribution in [-0.4, -0.2) is 65.3 Å². The molecule has 0 aromatic heterocycles. The maximum atomic E-state index is 8.51. The van der Waals surface area contributed by atoms with Gasteiger partial charge in [0, 0.05) is 0 Å². The Hall–Kier alpha value is 1.88. The topological polar surface area (TPSA) is 49.7 Å². The van der Waals surface area contributed by atoms with Crippen LogP contribution < -0.4 is 0 Å². The Morgan fingerprint density at radius 1 is 0.722 bits per heavy atom. The first-order valence-corrected chi connectivity index (χ1v) is 8.24. The summed E-state index contributed by atoms with van der Waals surface area (Å²) in [4.78, 5) is 17.0. The van der Waals surface area contributed by atoms with Crippen molar-refractivity contribution in [2.75, 3.05) is 6.61 Å². The van der Waals surface area contributed by atoms with E-state index in [2.05, 4.69) is 6.92 Å². The molecule has 0 aromatic rings. The van der Waals surface area contributed by atoms with Crippen molar-refractivity contribution in [2.45, 2.75) is 77.6 Å². The molecule has 0 rings (SSSR count). The van der Waals surface area contributed by atoms with E-state index in [-0.39, 0.29) is 48.9 Å². The molecule has 0 unspecified atom stereocenters. The third-order valence-corrected chi connectivity index (χ3v) is 3.37. The molecule has 0 radical (unpaired) electrons. The number of hydrogen-bond donors (Lipinski definition) is 2. The fraction of sp³-hybridized carbons (Fsp3) is 1.00. The van der Waals surface area contributed by atoms with Gasteiger partial charge in [-0.2, -0.15) is 0 Å². The molecule has 0 aromatic carbocycles. The first kappa shape index (κ1) is 22.2. The summed E-state index contributed by atoms with van der Waals surface area (Å²) in [6.07, 6.45) is 14.3. The van der Waals surface area contributed by atoms with Crippen LogP contribution in [0.4, 0.5) is 0 Å². The molecule has 3 nitrogen and oxygen atoms in total. The zero-order valence-electron chi connectivity index (χ0n) is 11.2. The molecule has 108 valence electrons. The van der Waals surface area contributed by atoms with Crippen molar-refractivity contribution < 1.29 is 14.3 Å². The Morgan fingerprint density at radius 3 is 1.50 bits per heavy atom. The second-order valence-corrected chi connectivity index (χ2v) is 5.39. The van der Waals surface area contributed by atoms with Gasteiger partial charge in [0.05, 0.1) is 6.61 Å². The van der Waals surface area contributed by atoms with E-state index in [4.69, 9.17) is 14.3 Å². The van der Waals surface area contributed by atoms with Crippen LogP contribution in [0.3, 0.4) is 0 Å². The van der Waals surface area contributed by atoms with Gasteiger partial charge in [-0.3, -0.25) is 0 Å². The van der Waals surface area contributed by atoms with Crippen molar-refractivity contribution in [1.29, 1.82) is 0 Å². The van der Waals surface area contributed by atoms with Crippen molar-refractivity contribution in [3.8, 4) is 0 Å². The van der Waals surface area contributed by atoms with Gasteiger partial charge in [0.2, 0.25) is 0 Å². The van der Waals surface area contributed by atoms with E-state index in [1.807, 2.05) is 0 Å². The van der Waals surface area contributed by atoms with E-state index in [1.54, 1.807) is 0 Å². The summed E-state index contributed by atoms with van der Waals surface area (Å²) in [6.45, 7) is 2.73. The SMILES string of the molecule is CCCCCCCCCCCCCOP(O)O.[BaH2]. The molecular weight excluding hydrogens is 372 g/mol. The molecule has 0 spiro atoms. The number of rotatable bonds is 13. The van der Waals surface area contributed by atoms with Crippen LogP contribution in [0.25, 0.3) is 0 Å². The van der Waals surface area contributed by atoms with Crippen LogP contribution in [0.1, 0.15) is 77.6 Å². The molecule has 0 saturated carbocycles. The summed E-state index contributed by atoms with van der Waals surface area (Å²) in [6, 6.07) is 0. The second-order valence-electron chi connectivity index (χ2n) is 4.62. The quantitative estimate of drug-likeness (QED) is 0.281. The van der Waals surface area contributed by atoms with Gasteiger partial charge in [0.15, 0.2) is 0 Å². The number of unbranched alkanes of at least 4 members (excludes halogenated alkanes) is 10. The maximum absolute atomic E-state index is 8.51. The third kappa shape index (κ3) is 20.2. The van der Waals surface area contributed by atoms with Gasteiger partial charge in [0.1, 0.15) is 0 Å². The van der Waals surface area contributed by atoms with Crippen molar-refractivity contribution in [3.63, 3.8) is 0 Å². The Bertz CT molecular complexity index is 148. The minimum atomic E-state index is -2.14. The van der Waals surface area contributed by atoms with Gasteiger partial charge in [-0.25, -0.2) is 0 Å². The number of hydrogen-bond acceptors (Lipinski definition) is 3. The molecule has 0 bridgehead atoms. The second kappa shape index (κ2) is 18.9. The molecule has 18 heavy (non-hydrogen) atoms. The Morgan fingerprint density at radius 2 is 1.11 bits per heavy atom. The van der Waals surface area contributed by atoms with E-state index < -0.39 is 8.60 Å². The van der Waals surface area contributed by atoms with Crippen molar-refractivity contribution in [1.82, 2.24) is 0 Å². The van der Waals surface area contributed by atoms with E-state index in [1.165, 1.54) is 57.8 Å². The molecule has 0 aliphatic rings. The first-order chi connectivity index (χ1) is 8.27. The average molecular weight is 404 g/mol. The fourth-order valence-electron chi connectivity index (χ4n) is 1.91. The monoisotopic (exact) mass is 404 g/mol. The van der Waals surface area contributed by atoms with Crippen LogP contribution in [0.15, 0.2) is 0 Å². The van der Waals surface area contributed by atoms with Crippen LogP contribution in [0, 0.1) is 0 Å². The normalized spacial score (nSPS) is 10.7. The summed E-state index contributed by atoms with van der Waals surface area (Å²) in [5.74, 6) is 0. The van der Waals surface area contributed by atoms with Gasteiger partial charge in [-0.1, -0.05) is 71.1 Å². The van der Waals surface area contributed by atoms with Crippen LogP contribution in [0.2, 0.25) is 0 Å². The first-order valence-electron chi connectivity index (χ1n) is 7.08. The molecule has 0 aliphatic carbocycles. The van der Waals surface area contributed by atoms with Gasteiger partial charge >= 0.3 is 57.5 Å². The third-order valence-electron chi connectivity index (χ3n) is 2.95. The zero-order chi connectivity index (χ0) is 12.8. The van der Waals surface area contributed by atoms with Crippen molar-refractivity contribution in [2.24, 2.45) is 0 Å². The molecule has 2 N–H and O–H groups in total. The van der Waals surface area contributed by atoms with Crippen LogP contribution in [0.5, 0.6) is 0 Å². The molecule has 0 saturated heterocycles. The van der Waals surface area contributed by atoms with Gasteiger partial charge in [-0.05, 0) is 6.42 Å². The Kier molecular flexibility index (Phi) is 23.3. The molecule has 0 amide bonds. The molecule has 0 aliphatic heterocycles. The summed E-state index contributed by atoms with van der Waals surface area (Å²) < 4.78 is 4.70. The summed E-state index contributed by atoms with van der Waals surface area (Å²) >= 11 is 0. The van der Waals surface area contributed by atoms with Crippen molar-refractivity contribution >= 4 is 57.5 Å². The van der Waals surface area contributed by atoms with Gasteiger partial charge in [-0.15, -0.1) is 0 Å². The molecule has 0 heterocycles. The van der Waals surface area contributed by atoms with E-state index in [9.17, 15) is 0 Å². The standard InChI is InChI=1S/C13H29O3P.Ba.2H/c1-2-3-4-5-6-7-8-9-10-11-12-13-16-17(14)15;;;/h14-15H,2-13H2,1H3;;;. The van der Waals surface area contributed by atoms with E-state index >= 15 is 0 Å². The van der Waals surface area contributed by atoms with Gasteiger partial charge < -0.3 is 14.3 Å². The summed E-state index contributed by atoms with van der Waals surface area (Å²) in [5.41, 5.74) is 0. The van der Waals surface area contributed by atoms with Crippen molar-refractivity contribution in [3.05, 3.63) is 0 Å². The fourth-order valence-corrected chi connectivity index (χ4v) is 2.20. The van der Waals surface area contributed by atoms with E-state index in [0.29, 0.717) is 6.61 Å².